The van der Waals surface area contributed by atoms with Gasteiger partial charge in [0.15, 0.2) is 5.79 Å². The minimum atomic E-state index is -2.26. The highest BCUT2D eigenvalue weighted by atomic mass is 32.1. The normalized spacial score (nSPS) is 15.0. The van der Waals surface area contributed by atoms with Crippen molar-refractivity contribution in [3.05, 3.63) is 40.9 Å². The average molecular weight is 434 g/mol. The number of aliphatic hydroxyl groups is 1. The summed E-state index contributed by atoms with van der Waals surface area (Å²) in [4.78, 5) is 6.06. The van der Waals surface area contributed by atoms with Crippen LogP contribution < -0.4 is 0 Å². The fourth-order valence-electron chi connectivity index (χ4n) is 4.67. The first-order valence-electron chi connectivity index (χ1n) is 10.9. The molecule has 5 heteroatoms. The predicted molar refractivity (Wildman–Crippen MR) is 128 cm³/mol. The number of aromatic nitrogens is 1. The Morgan fingerprint density at radius 2 is 1.48 bits per heavy atom. The molecule has 0 bridgehead atoms. The van der Waals surface area contributed by atoms with E-state index in [1.807, 2.05) is 18.2 Å². The number of thiazole rings is 1. The maximum Gasteiger partial charge on any atom is 0.204 e. The minimum absolute atomic E-state index is 0.398. The molecule has 1 aromatic heterocycles. The second kappa shape index (κ2) is 9.42. The van der Waals surface area contributed by atoms with E-state index in [0.29, 0.717) is 28.2 Å². The molecule has 1 aromatic carbocycles. The minimum Gasteiger partial charge on any atom is -0.385 e. The van der Waals surface area contributed by atoms with E-state index in [0.717, 1.165) is 21.9 Å². The first kappa shape index (κ1) is 24.3. The molecular weight excluding hydrogens is 394 g/mol. The van der Waals surface area contributed by atoms with Crippen LogP contribution in [-0.2, 0) is 16.6 Å². The predicted octanol–water partition coefficient (Wildman–Crippen LogP) is 7.37. The van der Waals surface area contributed by atoms with Gasteiger partial charge in [0.25, 0.3) is 0 Å². The van der Waals surface area contributed by atoms with E-state index in [4.69, 9.17) is 9.41 Å². The van der Waals surface area contributed by atoms with Gasteiger partial charge in [-0.2, -0.15) is 0 Å². The van der Waals surface area contributed by atoms with Crippen molar-refractivity contribution in [1.29, 1.82) is 0 Å². The Kier molecular flexibility index (Phi) is 7.88. The maximum absolute atomic E-state index is 11.7. The quantitative estimate of drug-likeness (QED) is 0.331. The number of benzene rings is 1. The SMILES string of the molecule is CC(C)Cc1sc(-c2ccccc2)nc1[C@@](C)(O)O[Si](C(C)C)(C(C)C)C(C)C. The fraction of sp³-hybridized carbons (Fsp3) is 0.625. The fourth-order valence-corrected chi connectivity index (χ4v) is 11.5. The van der Waals surface area contributed by atoms with Crippen molar-refractivity contribution >= 4 is 19.7 Å². The van der Waals surface area contributed by atoms with Gasteiger partial charge in [0, 0.05) is 10.4 Å². The molecule has 0 saturated heterocycles. The third kappa shape index (κ3) is 5.19. The Labute approximate surface area is 182 Å². The van der Waals surface area contributed by atoms with Crippen LogP contribution in [0.15, 0.2) is 30.3 Å². The van der Waals surface area contributed by atoms with Crippen molar-refractivity contribution in [2.45, 2.75) is 91.1 Å². The summed E-state index contributed by atoms with van der Waals surface area (Å²) in [6.45, 7) is 19.7. The second-order valence-electron chi connectivity index (χ2n) is 9.66. The standard InChI is InChI=1S/C24H39NO2SSi/c1-16(2)15-21-22(25-23(28-21)20-13-11-10-12-14-20)24(9,26)27-29(17(3)4,18(5)6)19(7)8/h10-14,16-19,26H,15H2,1-9H3/t24-/m0/s1. The molecule has 0 aliphatic rings. The van der Waals surface area contributed by atoms with Crippen molar-refractivity contribution in [2.24, 2.45) is 5.92 Å². The lowest BCUT2D eigenvalue weighted by Gasteiger charge is -2.46. The summed E-state index contributed by atoms with van der Waals surface area (Å²) in [5.41, 5.74) is 2.98. The van der Waals surface area contributed by atoms with E-state index < -0.39 is 14.1 Å². The molecule has 1 heterocycles. The van der Waals surface area contributed by atoms with E-state index in [1.54, 1.807) is 18.3 Å². The van der Waals surface area contributed by atoms with Gasteiger partial charge in [-0.05, 0) is 35.9 Å². The van der Waals surface area contributed by atoms with Crippen LogP contribution in [0.3, 0.4) is 0 Å². The first-order valence-corrected chi connectivity index (χ1v) is 13.9. The van der Waals surface area contributed by atoms with Crippen LogP contribution >= 0.6 is 11.3 Å². The van der Waals surface area contributed by atoms with Gasteiger partial charge in [0.05, 0.1) is 0 Å². The zero-order chi connectivity index (χ0) is 22.0. The molecule has 1 N–H and O–H groups in total. The molecule has 0 fully saturated rings. The third-order valence-electron chi connectivity index (χ3n) is 5.83. The molecule has 162 valence electrons. The summed E-state index contributed by atoms with van der Waals surface area (Å²) in [6, 6.07) is 10.2. The van der Waals surface area contributed by atoms with Crippen molar-refractivity contribution in [1.82, 2.24) is 4.98 Å². The molecule has 0 amide bonds. The van der Waals surface area contributed by atoms with Crippen molar-refractivity contribution < 1.29 is 9.53 Å². The molecule has 1 atom stereocenters. The van der Waals surface area contributed by atoms with Crippen molar-refractivity contribution in [3.63, 3.8) is 0 Å². The molecule has 2 rings (SSSR count). The zero-order valence-corrected chi connectivity index (χ0v) is 21.4. The molecule has 3 nitrogen and oxygen atoms in total. The molecule has 0 aliphatic heterocycles. The Morgan fingerprint density at radius 1 is 0.966 bits per heavy atom. The smallest absolute Gasteiger partial charge is 0.204 e. The number of hydrogen-bond acceptors (Lipinski definition) is 4. The zero-order valence-electron chi connectivity index (χ0n) is 19.6. The molecule has 0 spiro atoms. The molecule has 0 unspecified atom stereocenters. The molecule has 29 heavy (non-hydrogen) atoms. The van der Waals surface area contributed by atoms with Gasteiger partial charge < -0.3 is 9.53 Å². The highest BCUT2D eigenvalue weighted by molar-refractivity contribution is 7.15. The molecule has 0 radical (unpaired) electrons. The van der Waals surface area contributed by atoms with Crippen LogP contribution in [0.1, 0.15) is 72.9 Å². The number of rotatable bonds is 9. The summed E-state index contributed by atoms with van der Waals surface area (Å²) in [7, 11) is -2.26. The van der Waals surface area contributed by atoms with Crippen LogP contribution in [0.25, 0.3) is 10.6 Å². The topological polar surface area (TPSA) is 42.4 Å². The van der Waals surface area contributed by atoms with E-state index in [-0.39, 0.29) is 0 Å². The summed E-state index contributed by atoms with van der Waals surface area (Å²) in [6.07, 6.45) is 0.888. The maximum atomic E-state index is 11.7. The van der Waals surface area contributed by atoms with E-state index >= 15 is 0 Å². The monoisotopic (exact) mass is 433 g/mol. The average Bonchev–Trinajstić information content (AvgIpc) is 3.03. The summed E-state index contributed by atoms with van der Waals surface area (Å²) >= 11 is 1.68. The van der Waals surface area contributed by atoms with Gasteiger partial charge in [-0.1, -0.05) is 85.7 Å². The highest BCUT2D eigenvalue weighted by Gasteiger charge is 2.50. The van der Waals surface area contributed by atoms with Crippen molar-refractivity contribution in [2.75, 3.05) is 0 Å². The van der Waals surface area contributed by atoms with Gasteiger partial charge in [-0.25, -0.2) is 4.98 Å². The lowest BCUT2D eigenvalue weighted by Crippen LogP contribution is -2.53. The molecule has 0 aliphatic carbocycles. The van der Waals surface area contributed by atoms with Crippen LogP contribution in [-0.4, -0.2) is 18.4 Å². The Hall–Kier alpha value is -1.01. The van der Waals surface area contributed by atoms with Gasteiger partial charge in [0.1, 0.15) is 10.7 Å². The van der Waals surface area contributed by atoms with Crippen molar-refractivity contribution in [3.8, 4) is 10.6 Å². The number of hydrogen-bond donors (Lipinski definition) is 1. The van der Waals surface area contributed by atoms with Crippen LogP contribution in [0.4, 0.5) is 0 Å². The van der Waals surface area contributed by atoms with Crippen LogP contribution in [0, 0.1) is 5.92 Å². The summed E-state index contributed by atoms with van der Waals surface area (Å²) in [5, 5.41) is 12.6. The van der Waals surface area contributed by atoms with Gasteiger partial charge in [-0.15, -0.1) is 11.3 Å². The summed E-state index contributed by atoms with van der Waals surface area (Å²) < 4.78 is 6.81. The van der Waals surface area contributed by atoms with Gasteiger partial charge in [0.2, 0.25) is 8.32 Å². The van der Waals surface area contributed by atoms with E-state index in [1.165, 1.54) is 0 Å². The largest absolute Gasteiger partial charge is 0.385 e. The molecule has 0 saturated carbocycles. The van der Waals surface area contributed by atoms with Gasteiger partial charge in [-0.3, -0.25) is 0 Å². The Balaban J connectivity index is 2.56. The summed E-state index contributed by atoms with van der Waals surface area (Å²) in [5.74, 6) is -0.908. The third-order valence-corrected chi connectivity index (χ3v) is 13.1. The van der Waals surface area contributed by atoms with Gasteiger partial charge >= 0.3 is 0 Å². The Bertz CT molecular complexity index is 760. The molecule has 2 aromatic rings. The lowest BCUT2D eigenvalue weighted by molar-refractivity contribution is -0.144. The van der Waals surface area contributed by atoms with Crippen LogP contribution in [0.2, 0.25) is 16.6 Å². The first-order chi connectivity index (χ1) is 13.4. The number of nitrogens with zero attached hydrogens (tertiary/aromatic N) is 1. The molecular formula is C24H39NO2SSi. The Morgan fingerprint density at radius 3 is 1.93 bits per heavy atom. The highest BCUT2D eigenvalue weighted by Crippen LogP contribution is 2.47. The van der Waals surface area contributed by atoms with E-state index in [2.05, 4.69) is 67.5 Å². The van der Waals surface area contributed by atoms with Crippen LogP contribution in [0.5, 0.6) is 0 Å². The lowest BCUT2D eigenvalue weighted by atomic mass is 10.1. The second-order valence-corrected chi connectivity index (χ2v) is 16.1. The van der Waals surface area contributed by atoms with E-state index in [9.17, 15) is 5.11 Å².